The minimum Gasteiger partial charge on any atom is -0.454 e. The van der Waals surface area contributed by atoms with E-state index in [1.165, 1.54) is 0 Å². The van der Waals surface area contributed by atoms with Crippen molar-refractivity contribution in [2.24, 2.45) is 0 Å². The monoisotopic (exact) mass is 371 g/mol. The highest BCUT2D eigenvalue weighted by Gasteiger charge is 2.33. The number of carbonyl (C=O) groups is 1. The Morgan fingerprint density at radius 3 is 2.80 bits per heavy atom. The number of carbonyl (C=O) groups excluding carboxylic acids is 1. The summed E-state index contributed by atoms with van der Waals surface area (Å²) in [5, 5.41) is 1.84. The molecule has 0 spiro atoms. The van der Waals surface area contributed by atoms with Gasteiger partial charge in [0.15, 0.2) is 16.7 Å². The normalized spacial score (nSPS) is 14.2. The van der Waals surface area contributed by atoms with Gasteiger partial charge >= 0.3 is 6.18 Å². The van der Waals surface area contributed by atoms with Gasteiger partial charge in [0.1, 0.15) is 5.69 Å². The molecule has 0 saturated carbocycles. The van der Waals surface area contributed by atoms with Gasteiger partial charge in [-0.3, -0.25) is 4.79 Å². The molecule has 0 radical (unpaired) electrons. The number of ether oxygens (including phenoxy) is 2. The van der Waals surface area contributed by atoms with Crippen molar-refractivity contribution in [3.05, 3.63) is 36.2 Å². The Morgan fingerprint density at radius 1 is 1.28 bits per heavy atom. The number of hydrogen-bond donors (Lipinski definition) is 1. The van der Waals surface area contributed by atoms with Gasteiger partial charge in [-0.05, 0) is 25.1 Å². The minimum atomic E-state index is -4.56. The van der Waals surface area contributed by atoms with Crippen LogP contribution in [-0.2, 0) is 11.0 Å². The summed E-state index contributed by atoms with van der Waals surface area (Å²) in [6.07, 6.45) is -3.54. The van der Waals surface area contributed by atoms with Crippen LogP contribution in [0, 0.1) is 0 Å². The van der Waals surface area contributed by atoms with Crippen LogP contribution in [0.25, 0.3) is 0 Å². The molecule has 10 heteroatoms. The van der Waals surface area contributed by atoms with E-state index in [1.807, 2.05) is 0 Å². The van der Waals surface area contributed by atoms with E-state index >= 15 is 0 Å². The number of alkyl halides is 3. The predicted molar refractivity (Wildman–Crippen MR) is 83.5 cm³/mol. The molecular weight excluding hydrogens is 359 g/mol. The lowest BCUT2D eigenvalue weighted by atomic mass is 10.2. The molecule has 1 aliphatic heterocycles. The highest BCUT2D eigenvalue weighted by Crippen LogP contribution is 2.34. The summed E-state index contributed by atoms with van der Waals surface area (Å²) >= 11 is 0.836. The van der Waals surface area contributed by atoms with E-state index in [2.05, 4.69) is 15.3 Å². The summed E-state index contributed by atoms with van der Waals surface area (Å²) in [7, 11) is 0. The smallest absolute Gasteiger partial charge is 0.433 e. The van der Waals surface area contributed by atoms with Gasteiger partial charge in [0.2, 0.25) is 12.7 Å². The van der Waals surface area contributed by atoms with Gasteiger partial charge in [-0.2, -0.15) is 13.2 Å². The molecule has 1 unspecified atom stereocenters. The fourth-order valence-electron chi connectivity index (χ4n) is 1.99. The van der Waals surface area contributed by atoms with Crippen LogP contribution in [0.2, 0.25) is 0 Å². The first-order chi connectivity index (χ1) is 11.8. The van der Waals surface area contributed by atoms with Crippen LogP contribution < -0.4 is 14.8 Å². The Kier molecular flexibility index (Phi) is 4.71. The Labute approximate surface area is 144 Å². The summed E-state index contributed by atoms with van der Waals surface area (Å²) in [5.74, 6) is 0.696. The average molecular weight is 371 g/mol. The number of benzene rings is 1. The molecular formula is C15H12F3N3O3S. The van der Waals surface area contributed by atoms with Crippen LogP contribution in [0.15, 0.2) is 35.6 Å². The third-order valence-electron chi connectivity index (χ3n) is 3.22. The number of anilines is 1. The molecule has 1 N–H and O–H groups in total. The van der Waals surface area contributed by atoms with Crippen LogP contribution in [0.4, 0.5) is 18.9 Å². The van der Waals surface area contributed by atoms with Gasteiger partial charge in [-0.25, -0.2) is 9.97 Å². The van der Waals surface area contributed by atoms with Crippen molar-refractivity contribution in [1.82, 2.24) is 9.97 Å². The van der Waals surface area contributed by atoms with Crippen molar-refractivity contribution in [2.45, 2.75) is 23.5 Å². The van der Waals surface area contributed by atoms with E-state index in [1.54, 1.807) is 25.1 Å². The molecule has 132 valence electrons. The molecule has 0 aliphatic carbocycles. The second-order valence-electron chi connectivity index (χ2n) is 5.04. The summed E-state index contributed by atoms with van der Waals surface area (Å²) in [6.45, 7) is 1.67. The zero-order chi connectivity index (χ0) is 18.0. The number of amides is 1. The quantitative estimate of drug-likeness (QED) is 0.656. The maximum absolute atomic E-state index is 12.7. The number of hydrogen-bond acceptors (Lipinski definition) is 6. The van der Waals surface area contributed by atoms with Crippen LogP contribution in [0.3, 0.4) is 0 Å². The van der Waals surface area contributed by atoms with Crippen molar-refractivity contribution < 1.29 is 27.4 Å². The molecule has 1 amide bonds. The van der Waals surface area contributed by atoms with Crippen LogP contribution in [0.5, 0.6) is 11.5 Å². The van der Waals surface area contributed by atoms with Crippen molar-refractivity contribution in [3.63, 3.8) is 0 Å². The molecule has 3 rings (SSSR count). The molecule has 0 saturated heterocycles. The number of halogens is 3. The maximum Gasteiger partial charge on any atom is 0.433 e. The van der Waals surface area contributed by atoms with E-state index in [4.69, 9.17) is 9.47 Å². The number of rotatable bonds is 4. The molecule has 6 nitrogen and oxygen atoms in total. The lowest BCUT2D eigenvalue weighted by molar-refractivity contribution is -0.141. The molecule has 25 heavy (non-hydrogen) atoms. The summed E-state index contributed by atoms with van der Waals surface area (Å²) in [5.41, 5.74) is -0.556. The summed E-state index contributed by atoms with van der Waals surface area (Å²) in [4.78, 5) is 19.4. The van der Waals surface area contributed by atoms with E-state index in [9.17, 15) is 18.0 Å². The minimum absolute atomic E-state index is 0.117. The third-order valence-corrected chi connectivity index (χ3v) is 4.19. The Morgan fingerprint density at radius 2 is 2.04 bits per heavy atom. The topological polar surface area (TPSA) is 73.3 Å². The number of nitrogens with one attached hydrogen (secondary N) is 1. The average Bonchev–Trinajstić information content (AvgIpc) is 3.02. The predicted octanol–water partition coefficient (Wildman–Crippen LogP) is 3.34. The standard InChI is InChI=1S/C15H12F3N3O3S/c1-8(25-14-19-5-4-12(21-14)15(16,17)18)13(22)20-9-2-3-10-11(6-9)24-7-23-10/h2-6,8H,7H2,1H3,(H,20,22). The van der Waals surface area contributed by atoms with Gasteiger partial charge in [-0.1, -0.05) is 11.8 Å². The lowest BCUT2D eigenvalue weighted by Gasteiger charge is -2.12. The van der Waals surface area contributed by atoms with Gasteiger partial charge in [0.25, 0.3) is 0 Å². The van der Waals surface area contributed by atoms with Crippen molar-refractivity contribution in [2.75, 3.05) is 12.1 Å². The Bertz CT molecular complexity index is 801. The summed E-state index contributed by atoms with van der Waals surface area (Å²) < 4.78 is 48.4. The highest BCUT2D eigenvalue weighted by molar-refractivity contribution is 8.00. The van der Waals surface area contributed by atoms with Crippen molar-refractivity contribution in [1.29, 1.82) is 0 Å². The molecule has 1 aliphatic rings. The zero-order valence-corrected chi connectivity index (χ0v) is 13.6. The summed E-state index contributed by atoms with van der Waals surface area (Å²) in [6, 6.07) is 5.69. The van der Waals surface area contributed by atoms with E-state index in [0.29, 0.717) is 17.2 Å². The van der Waals surface area contributed by atoms with Crippen LogP contribution in [-0.4, -0.2) is 27.9 Å². The second-order valence-corrected chi connectivity index (χ2v) is 6.35. The van der Waals surface area contributed by atoms with Crippen LogP contribution in [0.1, 0.15) is 12.6 Å². The molecule has 1 aromatic carbocycles. The first-order valence-electron chi connectivity index (χ1n) is 7.10. The van der Waals surface area contributed by atoms with Crippen molar-refractivity contribution in [3.8, 4) is 11.5 Å². The second kappa shape index (κ2) is 6.79. The number of thioether (sulfide) groups is 1. The van der Waals surface area contributed by atoms with E-state index in [-0.39, 0.29) is 11.9 Å². The van der Waals surface area contributed by atoms with Gasteiger partial charge < -0.3 is 14.8 Å². The molecule has 1 atom stereocenters. The van der Waals surface area contributed by atoms with E-state index < -0.39 is 23.0 Å². The fraction of sp³-hybridized carbons (Fsp3) is 0.267. The van der Waals surface area contributed by atoms with Gasteiger partial charge in [0, 0.05) is 18.0 Å². The van der Waals surface area contributed by atoms with Gasteiger partial charge in [-0.15, -0.1) is 0 Å². The number of fused-ring (bicyclic) bond motifs is 1. The van der Waals surface area contributed by atoms with Crippen molar-refractivity contribution >= 4 is 23.4 Å². The largest absolute Gasteiger partial charge is 0.454 e. The zero-order valence-electron chi connectivity index (χ0n) is 12.8. The highest BCUT2D eigenvalue weighted by atomic mass is 32.2. The molecule has 2 heterocycles. The molecule has 0 fully saturated rings. The maximum atomic E-state index is 12.7. The number of aromatic nitrogens is 2. The SMILES string of the molecule is CC(Sc1nccc(C(F)(F)F)n1)C(=O)Nc1ccc2c(c1)OCO2. The van der Waals surface area contributed by atoms with Crippen LogP contribution >= 0.6 is 11.8 Å². The van der Waals surface area contributed by atoms with E-state index in [0.717, 1.165) is 24.0 Å². The lowest BCUT2D eigenvalue weighted by Crippen LogP contribution is -2.22. The Hall–Kier alpha value is -2.49. The molecule has 2 aromatic rings. The Balaban J connectivity index is 1.65. The molecule has 1 aromatic heterocycles. The fourth-order valence-corrected chi connectivity index (χ4v) is 2.74. The van der Waals surface area contributed by atoms with Gasteiger partial charge in [0.05, 0.1) is 5.25 Å². The molecule has 0 bridgehead atoms. The first kappa shape index (κ1) is 17.3. The third kappa shape index (κ3) is 4.13. The first-order valence-corrected chi connectivity index (χ1v) is 7.98. The number of nitrogens with zero attached hydrogens (tertiary/aromatic N) is 2.